The fraction of sp³-hybridized carbons (Fsp3) is 0.0769. The van der Waals surface area contributed by atoms with Gasteiger partial charge in [-0.1, -0.05) is 6.07 Å². The number of aromatic nitrogens is 1. The van der Waals surface area contributed by atoms with Gasteiger partial charge >= 0.3 is 5.97 Å². The van der Waals surface area contributed by atoms with E-state index in [4.69, 9.17) is 10.5 Å². The van der Waals surface area contributed by atoms with Gasteiger partial charge in [0.05, 0.1) is 7.11 Å². The first-order valence-electron chi connectivity index (χ1n) is 5.27. The van der Waals surface area contributed by atoms with E-state index in [9.17, 15) is 4.79 Å². The predicted molar refractivity (Wildman–Crippen MR) is 66.5 cm³/mol. The lowest BCUT2D eigenvalue weighted by Crippen LogP contribution is -2.03. The molecule has 0 aliphatic rings. The van der Waals surface area contributed by atoms with Gasteiger partial charge in [-0.05, 0) is 18.2 Å². The van der Waals surface area contributed by atoms with Crippen LogP contribution in [0.1, 0.15) is 10.5 Å². The number of rotatable bonds is 3. The molecule has 0 saturated heterocycles. The normalized spacial score (nSPS) is 9.83. The second kappa shape index (κ2) is 5.18. The lowest BCUT2D eigenvalue weighted by Gasteiger charge is -2.06. The lowest BCUT2D eigenvalue weighted by molar-refractivity contribution is 0.0593. The van der Waals surface area contributed by atoms with Crippen molar-refractivity contribution in [2.24, 2.45) is 0 Å². The monoisotopic (exact) mass is 244 g/mol. The third kappa shape index (κ3) is 2.76. The summed E-state index contributed by atoms with van der Waals surface area (Å²) in [4.78, 5) is 15.2. The molecule has 0 aliphatic carbocycles. The van der Waals surface area contributed by atoms with Crippen molar-refractivity contribution in [1.29, 1.82) is 0 Å². The maximum Gasteiger partial charge on any atom is 0.356 e. The number of nitrogens with two attached hydrogens (primary N) is 1. The second-order valence-corrected chi connectivity index (χ2v) is 3.54. The Morgan fingerprint density at radius 3 is 2.72 bits per heavy atom. The minimum atomic E-state index is -0.506. The standard InChI is InChI=1S/C13H12N2O3/c1-17-13(16)12-8-11(5-6-15-12)18-10-4-2-3-9(14)7-10/h2-8H,14H2,1H3. The van der Waals surface area contributed by atoms with Crippen LogP contribution in [-0.4, -0.2) is 18.1 Å². The number of carbonyl (C=O) groups is 1. The quantitative estimate of drug-likeness (QED) is 0.662. The summed E-state index contributed by atoms with van der Waals surface area (Å²) in [6.45, 7) is 0. The Morgan fingerprint density at radius 2 is 2.00 bits per heavy atom. The van der Waals surface area contributed by atoms with E-state index < -0.39 is 5.97 Å². The van der Waals surface area contributed by atoms with Crippen molar-refractivity contribution in [3.8, 4) is 11.5 Å². The van der Waals surface area contributed by atoms with Gasteiger partial charge in [-0.25, -0.2) is 9.78 Å². The van der Waals surface area contributed by atoms with Crippen LogP contribution < -0.4 is 10.5 Å². The molecule has 2 N–H and O–H groups in total. The van der Waals surface area contributed by atoms with E-state index in [0.29, 0.717) is 17.2 Å². The van der Waals surface area contributed by atoms with Gasteiger partial charge in [0.2, 0.25) is 0 Å². The van der Waals surface area contributed by atoms with Gasteiger partial charge < -0.3 is 15.2 Å². The molecule has 2 aromatic rings. The molecule has 0 spiro atoms. The van der Waals surface area contributed by atoms with E-state index >= 15 is 0 Å². The molecule has 0 aliphatic heterocycles. The fourth-order valence-electron chi connectivity index (χ4n) is 1.40. The summed E-state index contributed by atoms with van der Waals surface area (Å²) in [5.74, 6) is 0.584. The molecule has 0 unspecified atom stereocenters. The van der Waals surface area contributed by atoms with Gasteiger partial charge in [0.15, 0.2) is 5.69 Å². The number of methoxy groups -OCH3 is 1. The SMILES string of the molecule is COC(=O)c1cc(Oc2cccc(N)c2)ccn1. The molecule has 1 aromatic heterocycles. The van der Waals surface area contributed by atoms with Gasteiger partial charge in [0, 0.05) is 24.0 Å². The van der Waals surface area contributed by atoms with Gasteiger partial charge in [0.25, 0.3) is 0 Å². The van der Waals surface area contributed by atoms with Crippen LogP contribution in [0.15, 0.2) is 42.6 Å². The van der Waals surface area contributed by atoms with E-state index in [-0.39, 0.29) is 5.69 Å². The number of nitrogen functional groups attached to an aromatic ring is 1. The molecular formula is C13H12N2O3. The number of hydrogen-bond acceptors (Lipinski definition) is 5. The highest BCUT2D eigenvalue weighted by Gasteiger charge is 2.08. The Hall–Kier alpha value is -2.56. The fourth-order valence-corrected chi connectivity index (χ4v) is 1.40. The van der Waals surface area contributed by atoms with Crippen LogP contribution in [0.5, 0.6) is 11.5 Å². The molecule has 0 bridgehead atoms. The number of hydrogen-bond donors (Lipinski definition) is 1. The number of anilines is 1. The van der Waals surface area contributed by atoms with Crippen LogP contribution in [0.2, 0.25) is 0 Å². The average molecular weight is 244 g/mol. The molecule has 2 rings (SSSR count). The molecule has 0 amide bonds. The summed E-state index contributed by atoms with van der Waals surface area (Å²) in [7, 11) is 1.30. The first-order valence-corrected chi connectivity index (χ1v) is 5.27. The van der Waals surface area contributed by atoms with Gasteiger partial charge in [-0.3, -0.25) is 0 Å². The largest absolute Gasteiger partial charge is 0.464 e. The van der Waals surface area contributed by atoms with Gasteiger partial charge in [-0.15, -0.1) is 0 Å². The van der Waals surface area contributed by atoms with Crippen molar-refractivity contribution in [2.45, 2.75) is 0 Å². The zero-order valence-electron chi connectivity index (χ0n) is 9.79. The first kappa shape index (κ1) is 11.9. The molecular weight excluding hydrogens is 232 g/mol. The Balaban J connectivity index is 2.22. The van der Waals surface area contributed by atoms with E-state index in [2.05, 4.69) is 9.72 Å². The number of nitrogens with zero attached hydrogens (tertiary/aromatic N) is 1. The molecule has 5 heteroatoms. The summed E-state index contributed by atoms with van der Waals surface area (Å²) < 4.78 is 10.2. The molecule has 5 nitrogen and oxygen atoms in total. The van der Waals surface area contributed by atoms with Crippen LogP contribution in [0.25, 0.3) is 0 Å². The first-order chi connectivity index (χ1) is 8.69. The molecule has 0 radical (unpaired) electrons. The van der Waals surface area contributed by atoms with Crippen LogP contribution in [0.3, 0.4) is 0 Å². The highest BCUT2D eigenvalue weighted by Crippen LogP contribution is 2.23. The Labute approximate surface area is 104 Å². The van der Waals surface area contributed by atoms with E-state index in [1.807, 2.05) is 0 Å². The van der Waals surface area contributed by atoms with E-state index in [1.165, 1.54) is 19.4 Å². The highest BCUT2D eigenvalue weighted by atomic mass is 16.5. The summed E-state index contributed by atoms with van der Waals surface area (Å²) in [5.41, 5.74) is 6.45. The van der Waals surface area contributed by atoms with Crippen molar-refractivity contribution in [1.82, 2.24) is 4.98 Å². The summed E-state index contributed by atoms with van der Waals surface area (Å²) >= 11 is 0. The molecule has 92 valence electrons. The maximum atomic E-state index is 11.3. The van der Waals surface area contributed by atoms with Crippen molar-refractivity contribution in [2.75, 3.05) is 12.8 Å². The molecule has 0 saturated carbocycles. The average Bonchev–Trinajstić information content (AvgIpc) is 2.38. The van der Waals surface area contributed by atoms with Crippen molar-refractivity contribution in [3.63, 3.8) is 0 Å². The molecule has 1 aromatic carbocycles. The van der Waals surface area contributed by atoms with Crippen molar-refractivity contribution in [3.05, 3.63) is 48.3 Å². The van der Waals surface area contributed by atoms with E-state index in [0.717, 1.165) is 0 Å². The Kier molecular flexibility index (Phi) is 3.43. The summed E-state index contributed by atoms with van der Waals surface area (Å²) in [6.07, 6.45) is 1.48. The number of carbonyl (C=O) groups excluding carboxylic acids is 1. The number of benzene rings is 1. The zero-order valence-corrected chi connectivity index (χ0v) is 9.79. The minimum Gasteiger partial charge on any atom is -0.464 e. The van der Waals surface area contributed by atoms with Crippen molar-refractivity contribution < 1.29 is 14.3 Å². The van der Waals surface area contributed by atoms with Gasteiger partial charge in [0.1, 0.15) is 11.5 Å². The Bertz CT molecular complexity index is 570. The van der Waals surface area contributed by atoms with Crippen molar-refractivity contribution >= 4 is 11.7 Å². The smallest absolute Gasteiger partial charge is 0.356 e. The number of esters is 1. The third-order valence-corrected chi connectivity index (χ3v) is 2.22. The molecule has 18 heavy (non-hydrogen) atoms. The van der Waals surface area contributed by atoms with Crippen LogP contribution in [0, 0.1) is 0 Å². The lowest BCUT2D eigenvalue weighted by atomic mass is 10.3. The Morgan fingerprint density at radius 1 is 1.22 bits per heavy atom. The predicted octanol–water partition coefficient (Wildman–Crippen LogP) is 2.24. The number of ether oxygens (including phenoxy) is 2. The van der Waals surface area contributed by atoms with Gasteiger partial charge in [-0.2, -0.15) is 0 Å². The molecule has 1 heterocycles. The summed E-state index contributed by atoms with van der Waals surface area (Å²) in [5, 5.41) is 0. The second-order valence-electron chi connectivity index (χ2n) is 3.54. The zero-order chi connectivity index (χ0) is 13.0. The minimum absolute atomic E-state index is 0.193. The topological polar surface area (TPSA) is 74.4 Å². The third-order valence-electron chi connectivity index (χ3n) is 2.22. The van der Waals surface area contributed by atoms with Crippen LogP contribution in [-0.2, 0) is 4.74 Å². The van der Waals surface area contributed by atoms with Crippen LogP contribution in [0.4, 0.5) is 5.69 Å². The number of pyridine rings is 1. The highest BCUT2D eigenvalue weighted by molar-refractivity contribution is 5.87. The molecule has 0 fully saturated rings. The van der Waals surface area contributed by atoms with Crippen LogP contribution >= 0.6 is 0 Å². The molecule has 0 atom stereocenters. The van der Waals surface area contributed by atoms with E-state index in [1.54, 1.807) is 30.3 Å². The summed E-state index contributed by atoms with van der Waals surface area (Å²) in [6, 6.07) is 10.2. The maximum absolute atomic E-state index is 11.3.